The molecule has 1 aliphatic carbocycles. The van der Waals surface area contributed by atoms with Crippen molar-refractivity contribution in [3.8, 4) is 23.0 Å². The van der Waals surface area contributed by atoms with Gasteiger partial charge in [0.1, 0.15) is 0 Å². The van der Waals surface area contributed by atoms with Gasteiger partial charge in [0.15, 0.2) is 23.0 Å². The Kier molecular flexibility index (Phi) is 6.64. The van der Waals surface area contributed by atoms with Gasteiger partial charge in [0.05, 0.1) is 28.4 Å². The Morgan fingerprint density at radius 3 is 2.11 bits per heavy atom. The summed E-state index contributed by atoms with van der Waals surface area (Å²) in [6, 6.07) is 12.2. The van der Waals surface area contributed by atoms with Gasteiger partial charge < -0.3 is 18.9 Å². The normalized spacial score (nSPS) is 18.9. The van der Waals surface area contributed by atoms with E-state index >= 15 is 0 Å². The molecular weight excluding hydrogens is 352 g/mol. The van der Waals surface area contributed by atoms with Gasteiger partial charge >= 0.3 is 0 Å². The van der Waals surface area contributed by atoms with E-state index in [-0.39, 0.29) is 0 Å². The fourth-order valence-corrected chi connectivity index (χ4v) is 3.68. The first-order valence-corrected chi connectivity index (χ1v) is 9.49. The van der Waals surface area contributed by atoms with Gasteiger partial charge in [-0.05, 0) is 54.2 Å². The van der Waals surface area contributed by atoms with Gasteiger partial charge in [0.2, 0.25) is 0 Å². The molecule has 28 heavy (non-hydrogen) atoms. The minimum atomic E-state index is 0.310. The fraction of sp³-hybridized carbons (Fsp3) is 0.333. The zero-order chi connectivity index (χ0) is 19.9. The molecule has 0 amide bonds. The predicted molar refractivity (Wildman–Crippen MR) is 113 cm³/mol. The van der Waals surface area contributed by atoms with Crippen molar-refractivity contribution in [2.45, 2.75) is 18.8 Å². The maximum absolute atomic E-state index is 5.49. The Balaban J connectivity index is 1.85. The van der Waals surface area contributed by atoms with Crippen molar-refractivity contribution in [1.82, 2.24) is 0 Å². The molecule has 0 saturated carbocycles. The Labute approximate surface area is 167 Å². The number of benzene rings is 2. The van der Waals surface area contributed by atoms with E-state index in [9.17, 15) is 0 Å². The summed E-state index contributed by atoms with van der Waals surface area (Å²) >= 11 is 0. The molecule has 1 aliphatic rings. The summed E-state index contributed by atoms with van der Waals surface area (Å²) in [6.07, 6.45) is 11.2. The summed E-state index contributed by atoms with van der Waals surface area (Å²) < 4.78 is 21.6. The van der Waals surface area contributed by atoms with Crippen molar-refractivity contribution < 1.29 is 18.9 Å². The second-order valence-corrected chi connectivity index (χ2v) is 6.78. The smallest absolute Gasteiger partial charge is 0.161 e. The molecule has 0 bridgehead atoms. The summed E-state index contributed by atoms with van der Waals surface area (Å²) in [5.74, 6) is 3.72. The maximum Gasteiger partial charge on any atom is 0.161 e. The molecule has 0 aliphatic heterocycles. The first-order chi connectivity index (χ1) is 13.7. The maximum atomic E-state index is 5.49. The number of methoxy groups -OCH3 is 4. The van der Waals surface area contributed by atoms with Crippen LogP contribution in [0.4, 0.5) is 0 Å². The van der Waals surface area contributed by atoms with Gasteiger partial charge in [-0.15, -0.1) is 0 Å². The fourth-order valence-electron chi connectivity index (χ4n) is 3.68. The number of hydrogen-bond donors (Lipinski definition) is 0. The van der Waals surface area contributed by atoms with Crippen LogP contribution in [0.5, 0.6) is 23.0 Å². The molecule has 148 valence electrons. The van der Waals surface area contributed by atoms with Gasteiger partial charge in [-0.3, -0.25) is 0 Å². The summed E-state index contributed by atoms with van der Waals surface area (Å²) in [5.41, 5.74) is 2.33. The third kappa shape index (κ3) is 4.33. The summed E-state index contributed by atoms with van der Waals surface area (Å²) in [6.45, 7) is 0. The second kappa shape index (κ2) is 9.36. The molecule has 4 nitrogen and oxygen atoms in total. The lowest BCUT2D eigenvalue weighted by Gasteiger charge is -2.26. The quantitative estimate of drug-likeness (QED) is 0.596. The van der Waals surface area contributed by atoms with Gasteiger partial charge in [-0.1, -0.05) is 36.4 Å². The van der Waals surface area contributed by atoms with Crippen molar-refractivity contribution in [2.75, 3.05) is 28.4 Å². The predicted octanol–water partition coefficient (Wildman–Crippen LogP) is 5.48. The minimum absolute atomic E-state index is 0.310. The Bertz CT molecular complexity index is 854. The molecule has 2 aromatic carbocycles. The average molecular weight is 380 g/mol. The van der Waals surface area contributed by atoms with Crippen LogP contribution in [0.3, 0.4) is 0 Å². The summed E-state index contributed by atoms with van der Waals surface area (Å²) in [7, 11) is 6.64. The van der Waals surface area contributed by atoms with Crippen LogP contribution in [-0.2, 0) is 0 Å². The molecule has 2 aromatic rings. The van der Waals surface area contributed by atoms with Crippen LogP contribution in [0.1, 0.15) is 29.9 Å². The lowest BCUT2D eigenvalue weighted by molar-refractivity contribution is 0.354. The highest BCUT2D eigenvalue weighted by atomic mass is 16.5. The molecule has 0 saturated heterocycles. The Hall–Kier alpha value is -2.88. The van der Waals surface area contributed by atoms with E-state index in [0.29, 0.717) is 11.8 Å². The van der Waals surface area contributed by atoms with E-state index in [0.717, 1.165) is 41.4 Å². The number of rotatable bonds is 7. The third-order valence-electron chi connectivity index (χ3n) is 5.21. The first-order valence-electron chi connectivity index (χ1n) is 9.49. The van der Waals surface area contributed by atoms with Gasteiger partial charge in [0, 0.05) is 5.92 Å². The largest absolute Gasteiger partial charge is 0.493 e. The SMILES string of the molecule is COc1ccc(/C=C\[C@H]2CCC=C[C@@H]2c2ccc(OC)c(OC)c2)cc1OC. The van der Waals surface area contributed by atoms with E-state index < -0.39 is 0 Å². The van der Waals surface area contributed by atoms with Crippen LogP contribution in [0, 0.1) is 5.92 Å². The van der Waals surface area contributed by atoms with Crippen LogP contribution in [0.15, 0.2) is 54.6 Å². The molecule has 0 unspecified atom stereocenters. The molecular formula is C24H28O4. The molecule has 0 radical (unpaired) electrons. The molecule has 4 heteroatoms. The molecule has 0 N–H and O–H groups in total. The number of ether oxygens (including phenoxy) is 4. The molecule has 0 aromatic heterocycles. The van der Waals surface area contributed by atoms with Gasteiger partial charge in [0.25, 0.3) is 0 Å². The Morgan fingerprint density at radius 1 is 0.786 bits per heavy atom. The number of allylic oxidation sites excluding steroid dienone is 3. The number of hydrogen-bond acceptors (Lipinski definition) is 4. The van der Waals surface area contributed by atoms with Crippen molar-refractivity contribution in [3.63, 3.8) is 0 Å². The van der Waals surface area contributed by atoms with Crippen LogP contribution < -0.4 is 18.9 Å². The van der Waals surface area contributed by atoms with Gasteiger partial charge in [-0.25, -0.2) is 0 Å². The molecule has 0 fully saturated rings. The molecule has 3 rings (SSSR count). The van der Waals surface area contributed by atoms with Crippen LogP contribution in [0.25, 0.3) is 6.08 Å². The van der Waals surface area contributed by atoms with E-state index in [2.05, 4.69) is 36.4 Å². The zero-order valence-corrected chi connectivity index (χ0v) is 17.0. The topological polar surface area (TPSA) is 36.9 Å². The highest BCUT2D eigenvalue weighted by molar-refractivity contribution is 5.56. The van der Waals surface area contributed by atoms with E-state index in [1.807, 2.05) is 24.3 Å². The lowest BCUT2D eigenvalue weighted by Crippen LogP contribution is -2.12. The lowest BCUT2D eigenvalue weighted by atomic mass is 9.79. The van der Waals surface area contributed by atoms with Crippen LogP contribution in [-0.4, -0.2) is 28.4 Å². The second-order valence-electron chi connectivity index (χ2n) is 6.78. The summed E-state index contributed by atoms with van der Waals surface area (Å²) in [4.78, 5) is 0. The zero-order valence-electron chi connectivity index (χ0n) is 17.0. The van der Waals surface area contributed by atoms with Crippen molar-refractivity contribution in [2.24, 2.45) is 5.92 Å². The third-order valence-corrected chi connectivity index (χ3v) is 5.21. The van der Waals surface area contributed by atoms with Crippen molar-refractivity contribution >= 4 is 6.08 Å². The van der Waals surface area contributed by atoms with Crippen LogP contribution in [0.2, 0.25) is 0 Å². The van der Waals surface area contributed by atoms with E-state index in [4.69, 9.17) is 18.9 Å². The van der Waals surface area contributed by atoms with Crippen molar-refractivity contribution in [3.05, 3.63) is 65.8 Å². The average Bonchev–Trinajstić information content (AvgIpc) is 2.77. The summed E-state index contributed by atoms with van der Waals surface area (Å²) in [5, 5.41) is 0. The highest BCUT2D eigenvalue weighted by Gasteiger charge is 2.22. The Morgan fingerprint density at radius 2 is 1.43 bits per heavy atom. The minimum Gasteiger partial charge on any atom is -0.493 e. The first kappa shape index (κ1) is 19.9. The molecule has 2 atom stereocenters. The van der Waals surface area contributed by atoms with Crippen molar-refractivity contribution in [1.29, 1.82) is 0 Å². The van der Waals surface area contributed by atoms with Crippen LogP contribution >= 0.6 is 0 Å². The van der Waals surface area contributed by atoms with E-state index in [1.54, 1.807) is 28.4 Å². The van der Waals surface area contributed by atoms with Gasteiger partial charge in [-0.2, -0.15) is 0 Å². The van der Waals surface area contributed by atoms with E-state index in [1.165, 1.54) is 5.56 Å². The standard InChI is InChI=1S/C24H28O4/c1-25-21-13-10-17(15-23(21)27-3)9-11-18-7-5-6-8-20(18)19-12-14-22(26-2)24(16-19)28-4/h6,8-16,18,20H,5,7H2,1-4H3/b11-9-/t18-,20+/m1/s1. The molecule has 0 spiro atoms. The highest BCUT2D eigenvalue weighted by Crippen LogP contribution is 2.39. The monoisotopic (exact) mass is 380 g/mol. The molecule has 0 heterocycles.